The van der Waals surface area contributed by atoms with E-state index in [0.29, 0.717) is 31.2 Å². The van der Waals surface area contributed by atoms with Gasteiger partial charge in [0, 0.05) is 25.0 Å². The number of amides is 1. The molecule has 0 radical (unpaired) electrons. The molecule has 7 nitrogen and oxygen atoms in total. The number of hydrogen-bond acceptors (Lipinski definition) is 8. The second kappa shape index (κ2) is 11.6. The lowest BCUT2D eigenvalue weighted by Crippen LogP contribution is -2.45. The number of nitrogens with one attached hydrogen (secondary N) is 2. The number of halogens is 1. The minimum atomic E-state index is -0.284. The molecule has 2 heterocycles. The van der Waals surface area contributed by atoms with Crippen LogP contribution in [0.5, 0.6) is 0 Å². The highest BCUT2D eigenvalue weighted by Gasteiger charge is 2.15. The normalized spacial score (nSPS) is 17.0. The van der Waals surface area contributed by atoms with Gasteiger partial charge in [-0.05, 0) is 6.92 Å². The fourth-order valence-electron chi connectivity index (χ4n) is 1.95. The van der Waals surface area contributed by atoms with Crippen LogP contribution in [0.2, 0.25) is 0 Å². The second-order valence-electron chi connectivity index (χ2n) is 4.88. The van der Waals surface area contributed by atoms with Crippen LogP contribution in [-0.2, 0) is 25.5 Å². The number of aromatic nitrogens is 1. The van der Waals surface area contributed by atoms with Gasteiger partial charge in [-0.2, -0.15) is 0 Å². The van der Waals surface area contributed by atoms with Crippen molar-refractivity contribution in [2.24, 2.45) is 0 Å². The Morgan fingerprint density at radius 1 is 1.58 bits per heavy atom. The third kappa shape index (κ3) is 7.80. The summed E-state index contributed by atoms with van der Waals surface area (Å²) in [4.78, 5) is 27.5. The van der Waals surface area contributed by atoms with Crippen LogP contribution in [0.25, 0.3) is 0 Å². The van der Waals surface area contributed by atoms with E-state index in [1.807, 2.05) is 5.38 Å². The van der Waals surface area contributed by atoms with Gasteiger partial charge in [0.15, 0.2) is 4.34 Å². The summed E-state index contributed by atoms with van der Waals surface area (Å²) in [5.74, 6) is -0.0357. The molecule has 0 aliphatic carbocycles. The summed E-state index contributed by atoms with van der Waals surface area (Å²) in [7, 11) is 0. The molecule has 1 aliphatic heterocycles. The molecule has 0 saturated carbocycles. The Bertz CT molecular complexity index is 524. The Hall–Kier alpha value is -0.870. The zero-order chi connectivity index (χ0) is 16.5. The molecule has 24 heavy (non-hydrogen) atoms. The van der Waals surface area contributed by atoms with Gasteiger partial charge in [-0.3, -0.25) is 9.59 Å². The molecule has 1 fully saturated rings. The van der Waals surface area contributed by atoms with Crippen molar-refractivity contribution in [3.63, 3.8) is 0 Å². The number of carbonyl (C=O) groups is 2. The lowest BCUT2D eigenvalue weighted by molar-refractivity contribution is -0.142. The lowest BCUT2D eigenvalue weighted by atomic mass is 10.3. The molecule has 1 unspecified atom stereocenters. The lowest BCUT2D eigenvalue weighted by Gasteiger charge is -2.23. The predicted molar refractivity (Wildman–Crippen MR) is 96.0 cm³/mol. The Morgan fingerprint density at radius 3 is 3.12 bits per heavy atom. The summed E-state index contributed by atoms with van der Waals surface area (Å²) < 4.78 is 11.2. The molecule has 1 amide bonds. The first-order valence-electron chi connectivity index (χ1n) is 7.49. The zero-order valence-electron chi connectivity index (χ0n) is 13.4. The van der Waals surface area contributed by atoms with Crippen LogP contribution in [0.3, 0.4) is 0 Å². The molecule has 1 aliphatic rings. The molecule has 136 valence electrons. The van der Waals surface area contributed by atoms with E-state index in [1.54, 1.807) is 6.92 Å². The van der Waals surface area contributed by atoms with Crippen LogP contribution < -0.4 is 10.6 Å². The van der Waals surface area contributed by atoms with Gasteiger partial charge in [0.05, 0.1) is 37.2 Å². The fraction of sp³-hybridized carbons (Fsp3) is 0.643. The van der Waals surface area contributed by atoms with Gasteiger partial charge >= 0.3 is 5.97 Å². The molecule has 10 heteroatoms. The third-order valence-electron chi connectivity index (χ3n) is 3.02. The van der Waals surface area contributed by atoms with Crippen LogP contribution in [-0.4, -0.2) is 61.6 Å². The number of morpholine rings is 1. The summed E-state index contributed by atoms with van der Waals surface area (Å²) in [5, 5.41) is 7.89. The van der Waals surface area contributed by atoms with Crippen molar-refractivity contribution in [3.05, 3.63) is 11.1 Å². The van der Waals surface area contributed by atoms with Crippen molar-refractivity contribution < 1.29 is 19.1 Å². The Morgan fingerprint density at radius 2 is 2.42 bits per heavy atom. The van der Waals surface area contributed by atoms with E-state index in [1.165, 1.54) is 23.1 Å². The maximum atomic E-state index is 11.8. The van der Waals surface area contributed by atoms with Gasteiger partial charge in [-0.25, -0.2) is 4.98 Å². The number of thiazole rings is 1. The Balaban J connectivity index is 0.00000288. The van der Waals surface area contributed by atoms with E-state index < -0.39 is 0 Å². The van der Waals surface area contributed by atoms with Gasteiger partial charge in [-0.15, -0.1) is 23.7 Å². The van der Waals surface area contributed by atoms with E-state index in [2.05, 4.69) is 15.6 Å². The topological polar surface area (TPSA) is 89.6 Å². The number of hydrogen-bond donors (Lipinski definition) is 2. The van der Waals surface area contributed by atoms with Crippen molar-refractivity contribution in [1.29, 1.82) is 0 Å². The van der Waals surface area contributed by atoms with Gasteiger partial charge < -0.3 is 20.1 Å². The molecule has 1 atom stereocenters. The average Bonchev–Trinajstić information content (AvgIpc) is 2.99. The summed E-state index contributed by atoms with van der Waals surface area (Å²) in [6.45, 7) is 4.95. The zero-order valence-corrected chi connectivity index (χ0v) is 15.9. The smallest absolute Gasteiger partial charge is 0.311 e. The molecule has 0 spiro atoms. The molecular formula is C14H22ClN3O4S2. The predicted octanol–water partition coefficient (Wildman–Crippen LogP) is 0.867. The minimum absolute atomic E-state index is 0. The molecule has 1 aromatic heterocycles. The van der Waals surface area contributed by atoms with Crippen molar-refractivity contribution in [2.45, 2.75) is 23.8 Å². The Kier molecular flexibility index (Phi) is 10.3. The maximum Gasteiger partial charge on any atom is 0.311 e. The number of thioether (sulfide) groups is 1. The quantitative estimate of drug-likeness (QED) is 0.498. The minimum Gasteiger partial charge on any atom is -0.466 e. The summed E-state index contributed by atoms with van der Waals surface area (Å²) >= 11 is 2.79. The first-order valence-corrected chi connectivity index (χ1v) is 9.35. The SMILES string of the molecule is CCOC(=O)Cc1csc(SCC(=O)NCC2CNCCO2)n1.Cl. The fourth-order valence-corrected chi connectivity index (χ4v) is 3.63. The molecule has 2 rings (SSSR count). The standard InChI is InChI=1S/C14H21N3O4S2.ClH/c1-2-20-13(19)5-10-8-22-14(17-10)23-9-12(18)16-7-11-6-15-3-4-21-11;/h8,11,15H,2-7,9H2,1H3,(H,16,18);1H. The number of esters is 1. The highest BCUT2D eigenvalue weighted by molar-refractivity contribution is 8.01. The molecule has 0 aromatic carbocycles. The van der Waals surface area contributed by atoms with Crippen LogP contribution in [0.1, 0.15) is 12.6 Å². The highest BCUT2D eigenvalue weighted by atomic mass is 35.5. The largest absolute Gasteiger partial charge is 0.466 e. The maximum absolute atomic E-state index is 11.8. The van der Waals surface area contributed by atoms with Crippen LogP contribution in [0, 0.1) is 0 Å². The van der Waals surface area contributed by atoms with Gasteiger partial charge in [0.1, 0.15) is 0 Å². The summed E-state index contributed by atoms with van der Waals surface area (Å²) in [5.41, 5.74) is 0.679. The van der Waals surface area contributed by atoms with Crippen LogP contribution in [0.15, 0.2) is 9.72 Å². The van der Waals surface area contributed by atoms with E-state index in [-0.39, 0.29) is 36.8 Å². The van der Waals surface area contributed by atoms with Crippen molar-refractivity contribution in [2.75, 3.05) is 38.6 Å². The second-order valence-corrected chi connectivity index (χ2v) is 6.96. The monoisotopic (exact) mass is 395 g/mol. The van der Waals surface area contributed by atoms with Crippen molar-refractivity contribution in [1.82, 2.24) is 15.6 Å². The van der Waals surface area contributed by atoms with Crippen LogP contribution >= 0.6 is 35.5 Å². The third-order valence-corrected chi connectivity index (χ3v) is 5.09. The van der Waals surface area contributed by atoms with Gasteiger partial charge in [-0.1, -0.05) is 11.8 Å². The molecule has 1 saturated heterocycles. The molecule has 2 N–H and O–H groups in total. The van der Waals surface area contributed by atoms with Crippen molar-refractivity contribution in [3.8, 4) is 0 Å². The number of ether oxygens (including phenoxy) is 2. The first kappa shape index (κ1) is 21.2. The Labute approximate surface area is 155 Å². The van der Waals surface area contributed by atoms with E-state index in [9.17, 15) is 9.59 Å². The van der Waals surface area contributed by atoms with E-state index in [4.69, 9.17) is 9.47 Å². The highest BCUT2D eigenvalue weighted by Crippen LogP contribution is 2.22. The number of rotatable bonds is 8. The number of carbonyl (C=O) groups excluding carboxylic acids is 2. The molecular weight excluding hydrogens is 374 g/mol. The summed E-state index contributed by atoms with van der Waals surface area (Å²) in [6, 6.07) is 0. The summed E-state index contributed by atoms with van der Waals surface area (Å²) in [6.07, 6.45) is 0.206. The van der Waals surface area contributed by atoms with Crippen molar-refractivity contribution >= 4 is 47.4 Å². The molecule has 0 bridgehead atoms. The number of nitrogens with zero attached hydrogens (tertiary/aromatic N) is 1. The van der Waals surface area contributed by atoms with E-state index >= 15 is 0 Å². The van der Waals surface area contributed by atoms with Crippen LogP contribution in [0.4, 0.5) is 0 Å². The van der Waals surface area contributed by atoms with Gasteiger partial charge in [0.2, 0.25) is 5.91 Å². The average molecular weight is 396 g/mol. The van der Waals surface area contributed by atoms with E-state index in [0.717, 1.165) is 17.4 Å². The van der Waals surface area contributed by atoms with Gasteiger partial charge in [0.25, 0.3) is 0 Å². The first-order chi connectivity index (χ1) is 11.2. The molecule has 1 aromatic rings.